The number of H-pyrrole nitrogens is 1. The van der Waals surface area contributed by atoms with E-state index >= 15 is 0 Å². The quantitative estimate of drug-likeness (QED) is 0.888. The van der Waals surface area contributed by atoms with E-state index in [4.69, 9.17) is 11.6 Å². The number of rotatable bonds is 2. The van der Waals surface area contributed by atoms with Crippen molar-refractivity contribution in [3.05, 3.63) is 54.5 Å². The molecule has 6 nitrogen and oxygen atoms in total. The average Bonchev–Trinajstić information content (AvgIpc) is 2.29. The maximum absolute atomic E-state index is 11.5. The summed E-state index contributed by atoms with van der Waals surface area (Å²) in [7, 11) is 0. The molecule has 0 aliphatic heterocycles. The van der Waals surface area contributed by atoms with Crippen LogP contribution in [0.5, 0.6) is 0 Å². The van der Waals surface area contributed by atoms with Gasteiger partial charge in [0.2, 0.25) is 0 Å². The molecule has 0 radical (unpaired) electrons. The first-order valence-corrected chi connectivity index (χ1v) is 5.71. The number of hydrogen-bond donors (Lipinski definition) is 1. The highest BCUT2D eigenvalue weighted by atomic mass is 79.9. The number of halogens is 2. The van der Waals surface area contributed by atoms with Crippen LogP contribution in [-0.4, -0.2) is 19.7 Å². The number of aromatic nitrogens is 4. The number of nitrogens with one attached hydrogen (secondary N) is 1. The second-order valence-corrected chi connectivity index (χ2v) is 4.45. The molecule has 0 amide bonds. The zero-order valence-corrected chi connectivity index (χ0v) is 10.7. The third-order valence-electron chi connectivity index (χ3n) is 1.99. The van der Waals surface area contributed by atoms with E-state index in [0.717, 1.165) is 0 Å². The maximum Gasteiger partial charge on any atom is 0.328 e. The molecule has 1 N–H and O–H groups in total. The minimum atomic E-state index is -0.505. The van der Waals surface area contributed by atoms with Crippen molar-refractivity contribution >= 4 is 27.5 Å². The van der Waals surface area contributed by atoms with E-state index < -0.39 is 11.2 Å². The van der Waals surface area contributed by atoms with Crippen molar-refractivity contribution in [1.29, 1.82) is 0 Å². The van der Waals surface area contributed by atoms with Crippen LogP contribution in [0.3, 0.4) is 0 Å². The fraction of sp³-hybridized carbons (Fsp3) is 0.111. The lowest BCUT2D eigenvalue weighted by molar-refractivity contribution is 0.690. The summed E-state index contributed by atoms with van der Waals surface area (Å²) in [6.07, 6.45) is 1.40. The van der Waals surface area contributed by atoms with Crippen molar-refractivity contribution in [2.24, 2.45) is 0 Å². The molecular formula is C9H6BrClN4O2. The third-order valence-corrected chi connectivity index (χ3v) is 2.75. The van der Waals surface area contributed by atoms with Gasteiger partial charge in [0, 0.05) is 6.20 Å². The molecule has 0 spiro atoms. The van der Waals surface area contributed by atoms with Crippen LogP contribution in [0.2, 0.25) is 5.15 Å². The smallest absolute Gasteiger partial charge is 0.293 e. The van der Waals surface area contributed by atoms with E-state index in [-0.39, 0.29) is 16.2 Å². The number of hydrogen-bond acceptors (Lipinski definition) is 4. The van der Waals surface area contributed by atoms with Gasteiger partial charge in [0.15, 0.2) is 5.15 Å². The fourth-order valence-electron chi connectivity index (χ4n) is 1.20. The van der Waals surface area contributed by atoms with Gasteiger partial charge in [-0.25, -0.2) is 4.79 Å². The summed E-state index contributed by atoms with van der Waals surface area (Å²) in [4.78, 5) is 24.8. The van der Waals surface area contributed by atoms with Crippen LogP contribution in [0.4, 0.5) is 0 Å². The Morgan fingerprint density at radius 2 is 2.12 bits per heavy atom. The molecule has 0 aromatic carbocycles. The molecular weight excluding hydrogens is 311 g/mol. The fourth-order valence-corrected chi connectivity index (χ4v) is 1.65. The van der Waals surface area contributed by atoms with Crippen molar-refractivity contribution < 1.29 is 0 Å². The van der Waals surface area contributed by atoms with Crippen LogP contribution in [0, 0.1) is 0 Å². The predicted molar refractivity (Wildman–Crippen MR) is 65.2 cm³/mol. The molecule has 2 aromatic heterocycles. The first-order valence-electron chi connectivity index (χ1n) is 4.53. The topological polar surface area (TPSA) is 80.6 Å². The Kier molecular flexibility index (Phi) is 3.39. The monoisotopic (exact) mass is 316 g/mol. The van der Waals surface area contributed by atoms with Crippen LogP contribution < -0.4 is 11.2 Å². The first-order chi connectivity index (χ1) is 8.06. The molecule has 2 heterocycles. The minimum absolute atomic E-state index is 0.207. The van der Waals surface area contributed by atoms with Gasteiger partial charge in [-0.1, -0.05) is 11.6 Å². The van der Waals surface area contributed by atoms with Crippen molar-refractivity contribution in [3.8, 4) is 0 Å². The average molecular weight is 318 g/mol. The Bertz CT molecular complexity index is 649. The van der Waals surface area contributed by atoms with Gasteiger partial charge < -0.3 is 0 Å². The lowest BCUT2D eigenvalue weighted by Gasteiger charge is -2.03. The number of nitrogens with zero attached hydrogens (tertiary/aromatic N) is 3. The Labute approximate surface area is 108 Å². The highest BCUT2D eigenvalue weighted by molar-refractivity contribution is 9.10. The normalized spacial score (nSPS) is 10.5. The van der Waals surface area contributed by atoms with E-state index in [1.807, 2.05) is 0 Å². The molecule has 8 heteroatoms. The van der Waals surface area contributed by atoms with Gasteiger partial charge in [0.25, 0.3) is 5.56 Å². The van der Waals surface area contributed by atoms with Gasteiger partial charge in [-0.3, -0.25) is 14.3 Å². The molecule has 2 aromatic rings. The summed E-state index contributed by atoms with van der Waals surface area (Å²) in [5.74, 6) is 0. The zero-order chi connectivity index (χ0) is 12.4. The van der Waals surface area contributed by atoms with Gasteiger partial charge in [-0.15, -0.1) is 5.10 Å². The summed E-state index contributed by atoms with van der Waals surface area (Å²) >= 11 is 8.64. The summed E-state index contributed by atoms with van der Waals surface area (Å²) < 4.78 is 1.59. The Hall–Kier alpha value is -1.47. The Morgan fingerprint density at radius 1 is 1.35 bits per heavy atom. The van der Waals surface area contributed by atoms with Crippen molar-refractivity contribution in [2.45, 2.75) is 6.54 Å². The van der Waals surface area contributed by atoms with Gasteiger partial charge in [0.1, 0.15) is 0 Å². The van der Waals surface area contributed by atoms with E-state index in [1.165, 1.54) is 10.8 Å². The second kappa shape index (κ2) is 4.80. The second-order valence-electron chi connectivity index (χ2n) is 3.21. The van der Waals surface area contributed by atoms with E-state index in [9.17, 15) is 9.59 Å². The van der Waals surface area contributed by atoms with Gasteiger partial charge in [-0.05, 0) is 28.1 Å². The van der Waals surface area contributed by atoms with Crippen LogP contribution in [0.1, 0.15) is 5.69 Å². The molecule has 2 rings (SSSR count). The molecule has 0 unspecified atom stereocenters. The van der Waals surface area contributed by atoms with Crippen LogP contribution >= 0.6 is 27.5 Å². The molecule has 17 heavy (non-hydrogen) atoms. The first kappa shape index (κ1) is 12.0. The van der Waals surface area contributed by atoms with Crippen molar-refractivity contribution in [2.75, 3.05) is 0 Å². The summed E-state index contributed by atoms with van der Waals surface area (Å²) in [6.45, 7) is 0.207. The lowest BCUT2D eigenvalue weighted by Crippen LogP contribution is -2.30. The summed E-state index contributed by atoms with van der Waals surface area (Å²) in [5, 5.41) is 7.76. The Balaban J connectivity index is 2.36. The van der Waals surface area contributed by atoms with Crippen LogP contribution in [-0.2, 0) is 6.54 Å². The molecule has 0 saturated carbocycles. The van der Waals surface area contributed by atoms with Gasteiger partial charge >= 0.3 is 5.69 Å². The molecule has 0 fully saturated rings. The van der Waals surface area contributed by atoms with Crippen LogP contribution in [0.15, 0.2) is 32.4 Å². The molecule has 0 aliphatic carbocycles. The highest BCUT2D eigenvalue weighted by Crippen LogP contribution is 2.04. The standard InChI is InChI=1S/C9H6BrClN4O2/c10-6-4-15(9(17)12-8(6)16)3-5-1-2-7(11)14-13-5/h1-2,4H,3H2,(H,12,16,17). The SMILES string of the molecule is O=c1[nH]c(=O)n(Cc2ccc(Cl)nn2)cc1Br. The lowest BCUT2D eigenvalue weighted by atomic mass is 10.4. The molecule has 0 bridgehead atoms. The molecule has 0 atom stereocenters. The predicted octanol–water partition coefficient (Wildman–Crippen LogP) is 0.791. The minimum Gasteiger partial charge on any atom is -0.293 e. The molecule has 0 aliphatic rings. The summed E-state index contributed by atoms with van der Waals surface area (Å²) in [5.41, 5.74) is -0.404. The highest BCUT2D eigenvalue weighted by Gasteiger charge is 2.04. The molecule has 88 valence electrons. The zero-order valence-electron chi connectivity index (χ0n) is 8.35. The maximum atomic E-state index is 11.5. The summed E-state index contributed by atoms with van der Waals surface area (Å²) in [6, 6.07) is 3.23. The molecule has 0 saturated heterocycles. The van der Waals surface area contributed by atoms with Gasteiger partial charge in [-0.2, -0.15) is 5.10 Å². The largest absolute Gasteiger partial charge is 0.328 e. The van der Waals surface area contributed by atoms with Crippen molar-refractivity contribution in [3.63, 3.8) is 0 Å². The Morgan fingerprint density at radius 3 is 2.76 bits per heavy atom. The van der Waals surface area contributed by atoms with E-state index in [0.29, 0.717) is 5.69 Å². The van der Waals surface area contributed by atoms with Crippen molar-refractivity contribution in [1.82, 2.24) is 19.7 Å². The van der Waals surface area contributed by atoms with Crippen LogP contribution in [0.25, 0.3) is 0 Å². The third kappa shape index (κ3) is 2.80. The van der Waals surface area contributed by atoms with E-state index in [1.54, 1.807) is 12.1 Å². The number of aromatic amines is 1. The van der Waals surface area contributed by atoms with E-state index in [2.05, 4.69) is 31.1 Å². The van der Waals surface area contributed by atoms with Gasteiger partial charge in [0.05, 0.1) is 16.7 Å².